The molecule has 0 aliphatic heterocycles. The lowest BCUT2D eigenvalue weighted by molar-refractivity contribution is 1.14. The molecule has 5 nitrogen and oxygen atoms in total. The van der Waals surface area contributed by atoms with Crippen LogP contribution in [0, 0.1) is 20.8 Å². The lowest BCUT2D eigenvalue weighted by Crippen LogP contribution is -1.99. The van der Waals surface area contributed by atoms with Gasteiger partial charge in [-0.05, 0) is 128 Å². The smallest absolute Gasteiger partial charge is 0.160 e. The van der Waals surface area contributed by atoms with Crippen molar-refractivity contribution < 1.29 is 0 Å². The third kappa shape index (κ3) is 6.69. The Labute approximate surface area is 417 Å². The van der Waals surface area contributed by atoms with E-state index in [4.69, 9.17) is 9.97 Å². The minimum atomic E-state index is 0.711. The lowest BCUT2D eigenvalue weighted by Gasteiger charge is -2.14. The summed E-state index contributed by atoms with van der Waals surface area (Å²) < 4.78 is 7.34. The lowest BCUT2D eigenvalue weighted by atomic mass is 9.99. The minimum Gasteiger partial charge on any atom is -0.309 e. The van der Waals surface area contributed by atoms with Crippen LogP contribution in [0.3, 0.4) is 0 Å². The van der Waals surface area contributed by atoms with Gasteiger partial charge in [0.1, 0.15) is 0 Å². The third-order valence-corrected chi connectivity index (χ3v) is 14.7. The molecule has 5 heteroatoms. The molecule has 10 aromatic carbocycles. The highest BCUT2D eigenvalue weighted by molar-refractivity contribution is 6.14. The van der Waals surface area contributed by atoms with Crippen molar-refractivity contribution in [2.24, 2.45) is 0 Å². The second-order valence-electron chi connectivity index (χ2n) is 19.3. The zero-order chi connectivity index (χ0) is 48.0. The van der Waals surface area contributed by atoms with Crippen molar-refractivity contribution >= 4 is 65.4 Å². The van der Waals surface area contributed by atoms with E-state index in [1.807, 2.05) is 24.3 Å². The van der Waals surface area contributed by atoms with E-state index in [2.05, 4.69) is 241 Å². The highest BCUT2D eigenvalue weighted by Crippen LogP contribution is 2.41. The van der Waals surface area contributed by atoms with Crippen LogP contribution in [0.1, 0.15) is 16.7 Å². The zero-order valence-electron chi connectivity index (χ0n) is 40.2. The van der Waals surface area contributed by atoms with Crippen LogP contribution in [-0.2, 0) is 0 Å². The number of aryl methyl sites for hydroxylation is 3. The molecule has 0 aliphatic carbocycles. The van der Waals surface area contributed by atoms with Crippen molar-refractivity contribution in [3.63, 3.8) is 0 Å². The van der Waals surface area contributed by atoms with Gasteiger partial charge in [-0.25, -0.2) is 9.97 Å². The second kappa shape index (κ2) is 16.4. The predicted molar refractivity (Wildman–Crippen MR) is 301 cm³/mol. The van der Waals surface area contributed by atoms with E-state index < -0.39 is 0 Å². The largest absolute Gasteiger partial charge is 0.309 e. The quantitative estimate of drug-likeness (QED) is 0.160. The first kappa shape index (κ1) is 41.6. The number of fused-ring (bicyclic) bond motifs is 9. The first-order chi connectivity index (χ1) is 35.4. The van der Waals surface area contributed by atoms with Crippen molar-refractivity contribution in [1.82, 2.24) is 23.7 Å². The zero-order valence-corrected chi connectivity index (χ0v) is 40.2. The summed E-state index contributed by atoms with van der Waals surface area (Å²) in [5.74, 6) is 0.711. The summed E-state index contributed by atoms with van der Waals surface area (Å²) in [6, 6.07) is 83.7. The highest BCUT2D eigenvalue weighted by Gasteiger charge is 2.20. The number of hydrogen-bond acceptors (Lipinski definition) is 2. The van der Waals surface area contributed by atoms with E-state index in [9.17, 15) is 0 Å². The van der Waals surface area contributed by atoms with E-state index in [0.29, 0.717) is 5.82 Å². The summed E-state index contributed by atoms with van der Waals surface area (Å²) >= 11 is 0. The van der Waals surface area contributed by atoms with E-state index in [1.54, 1.807) is 0 Å². The van der Waals surface area contributed by atoms with Crippen molar-refractivity contribution in [1.29, 1.82) is 0 Å². The molecular formula is C67H47N5. The molecule has 0 fully saturated rings. The van der Waals surface area contributed by atoms with Crippen molar-refractivity contribution in [2.75, 3.05) is 0 Å². The van der Waals surface area contributed by atoms with E-state index in [-0.39, 0.29) is 0 Å². The molecule has 0 saturated heterocycles. The van der Waals surface area contributed by atoms with Gasteiger partial charge in [-0.3, -0.25) is 0 Å². The van der Waals surface area contributed by atoms with Gasteiger partial charge in [0.15, 0.2) is 5.82 Å². The summed E-state index contributed by atoms with van der Waals surface area (Å²) in [6.07, 6.45) is 0. The van der Waals surface area contributed by atoms with Crippen LogP contribution in [0.5, 0.6) is 0 Å². The fraction of sp³-hybridized carbons (Fsp3) is 0.0448. The first-order valence-electron chi connectivity index (χ1n) is 24.7. The summed E-state index contributed by atoms with van der Waals surface area (Å²) in [4.78, 5) is 10.1. The first-order valence-corrected chi connectivity index (χ1v) is 24.7. The molecule has 72 heavy (non-hydrogen) atoms. The maximum Gasteiger partial charge on any atom is 0.160 e. The molecule has 0 radical (unpaired) electrons. The summed E-state index contributed by atoms with van der Waals surface area (Å²) in [7, 11) is 0. The van der Waals surface area contributed by atoms with Gasteiger partial charge in [0, 0.05) is 66.1 Å². The summed E-state index contributed by atoms with van der Waals surface area (Å²) in [5, 5.41) is 7.46. The Hall–Kier alpha value is -9.32. The number of para-hydroxylation sites is 2. The monoisotopic (exact) mass is 921 g/mol. The average Bonchev–Trinajstić information content (AvgIpc) is 4.05. The molecule has 0 unspecified atom stereocenters. The fourth-order valence-corrected chi connectivity index (χ4v) is 11.3. The number of rotatable bonds is 7. The Bertz CT molecular complexity index is 4220. The van der Waals surface area contributed by atoms with Gasteiger partial charge < -0.3 is 13.7 Å². The molecule has 0 aliphatic rings. The van der Waals surface area contributed by atoms with Crippen LogP contribution in [-0.4, -0.2) is 23.7 Å². The number of nitrogens with zero attached hydrogens (tertiary/aromatic N) is 5. The van der Waals surface area contributed by atoms with Crippen molar-refractivity contribution in [3.05, 3.63) is 247 Å². The topological polar surface area (TPSA) is 40.6 Å². The van der Waals surface area contributed by atoms with Crippen LogP contribution in [0.2, 0.25) is 0 Å². The molecule has 14 aromatic rings. The van der Waals surface area contributed by atoms with Gasteiger partial charge in [0.05, 0.1) is 44.5 Å². The van der Waals surface area contributed by atoms with Crippen LogP contribution >= 0.6 is 0 Å². The molecule has 4 aromatic heterocycles. The SMILES string of the molecule is Cc1ccc2c(c1)c1ccccc1n2-c1ccc2c(c1)c1cc(-n3c4ccccc4c4cc(C)ccc43)ccc1n2-c1ccc(-c2ccc(-c3cc(-c4ccccc4)nc(-c4ccccc4)n3)cc2)cc1C. The minimum absolute atomic E-state index is 0.711. The molecule has 14 rings (SSSR count). The number of hydrogen-bond donors (Lipinski definition) is 0. The number of aromatic nitrogens is 5. The molecule has 4 heterocycles. The molecular weight excluding hydrogens is 875 g/mol. The Morgan fingerprint density at radius 3 is 1.24 bits per heavy atom. The summed E-state index contributed by atoms with van der Waals surface area (Å²) in [5.41, 5.74) is 21.5. The maximum atomic E-state index is 5.09. The Kier molecular flexibility index (Phi) is 9.48. The van der Waals surface area contributed by atoms with Gasteiger partial charge in [0.25, 0.3) is 0 Å². The maximum absolute atomic E-state index is 5.09. The van der Waals surface area contributed by atoms with Crippen molar-refractivity contribution in [3.8, 4) is 62.1 Å². The Morgan fingerprint density at radius 2 is 0.694 bits per heavy atom. The van der Waals surface area contributed by atoms with Gasteiger partial charge >= 0.3 is 0 Å². The van der Waals surface area contributed by atoms with E-state index in [0.717, 1.165) is 67.3 Å². The van der Waals surface area contributed by atoms with Crippen LogP contribution in [0.4, 0.5) is 0 Å². The Balaban J connectivity index is 0.910. The van der Waals surface area contributed by atoms with Gasteiger partial charge in [-0.2, -0.15) is 0 Å². The molecule has 0 bridgehead atoms. The van der Waals surface area contributed by atoms with Gasteiger partial charge in [0.2, 0.25) is 0 Å². The van der Waals surface area contributed by atoms with E-state index in [1.165, 1.54) is 71.1 Å². The second-order valence-corrected chi connectivity index (χ2v) is 19.3. The average molecular weight is 922 g/mol. The van der Waals surface area contributed by atoms with Crippen LogP contribution in [0.15, 0.2) is 231 Å². The predicted octanol–water partition coefficient (Wildman–Crippen LogP) is 17.4. The standard InChI is InChI=1S/C67H47N5/c1-42-22-31-63-54(36-42)52-18-10-12-20-61(52)70(63)50-29-34-65-56(39-50)57-40-51(71-62-21-13-11-19-53(62)55-37-43(2)23-32-64(55)71)30-35-66(57)72(65)60-33-28-49(38-44(60)3)45-24-26-47(27-25-45)59-41-58(46-14-6-4-7-15-46)68-67(69-59)48-16-8-5-9-17-48/h4-41H,1-3H3. The van der Waals surface area contributed by atoms with Crippen molar-refractivity contribution in [2.45, 2.75) is 20.8 Å². The highest BCUT2D eigenvalue weighted by atomic mass is 15.0. The normalized spacial score (nSPS) is 11.8. The number of benzene rings is 10. The molecule has 0 spiro atoms. The molecule has 0 N–H and O–H groups in total. The molecule has 0 saturated carbocycles. The van der Waals surface area contributed by atoms with Gasteiger partial charge in [-0.15, -0.1) is 0 Å². The third-order valence-electron chi connectivity index (χ3n) is 14.7. The van der Waals surface area contributed by atoms with Gasteiger partial charge in [-0.1, -0.05) is 151 Å². The van der Waals surface area contributed by atoms with E-state index >= 15 is 0 Å². The molecule has 0 amide bonds. The molecule has 340 valence electrons. The Morgan fingerprint density at radius 1 is 0.278 bits per heavy atom. The molecule has 0 atom stereocenters. The fourth-order valence-electron chi connectivity index (χ4n) is 11.3. The van der Waals surface area contributed by atoms with Crippen LogP contribution < -0.4 is 0 Å². The van der Waals surface area contributed by atoms with Crippen LogP contribution in [0.25, 0.3) is 128 Å². The summed E-state index contributed by atoms with van der Waals surface area (Å²) in [6.45, 7) is 6.60.